The predicted octanol–water partition coefficient (Wildman–Crippen LogP) is 7.62. The lowest BCUT2D eigenvalue weighted by atomic mass is 9.89. The van der Waals surface area contributed by atoms with Crippen molar-refractivity contribution in [2.24, 2.45) is 5.92 Å². The Bertz CT molecular complexity index is 1980. The van der Waals surface area contributed by atoms with Crippen LogP contribution in [0.2, 0.25) is 0 Å². The smallest absolute Gasteiger partial charge is 0.408 e. The maximum absolute atomic E-state index is 13.3. The lowest BCUT2D eigenvalue weighted by Gasteiger charge is -2.43. The molecule has 2 saturated heterocycles. The number of carbonyl (C=O) groups excluding carboxylic acids is 3. The van der Waals surface area contributed by atoms with Crippen LogP contribution in [0, 0.1) is 5.92 Å². The molecule has 2 N–H and O–H groups in total. The standard InChI is InChI=1S/C46H51N3O7/c1-3-23-48(39-17-7-8-18-39)28-41-31(2)43(35-21-19-32(29-50)20-22-35)56-45(55-41)38-16-10-15-37(25-38)36-14-9-13-34(24-36)27-49-42(51)26-40(44(49)52)47-46(53)54-30-33-11-5-4-6-12-33/h3-6,9-16,19-22,24-25,31,39-41,43,45,50H,1,7-8,17-18,23,26-30H2,2H3,(H,47,53)/t31-,40?,41+,43+,45+/m1/s1. The number of nitrogens with one attached hydrogen (secondary N) is 1. The summed E-state index contributed by atoms with van der Waals surface area (Å²) in [6.07, 6.45) is 5.00. The Hall–Kier alpha value is -5.13. The summed E-state index contributed by atoms with van der Waals surface area (Å²) in [5.74, 6) is -0.758. The number of amides is 3. The molecule has 292 valence electrons. The molecule has 1 saturated carbocycles. The Kier molecular flexibility index (Phi) is 12.7. The average molecular weight is 758 g/mol. The van der Waals surface area contributed by atoms with Gasteiger partial charge in [0.05, 0.1) is 31.8 Å². The van der Waals surface area contributed by atoms with Gasteiger partial charge in [-0.1, -0.05) is 117 Å². The zero-order valence-corrected chi connectivity index (χ0v) is 31.9. The molecule has 3 fully saturated rings. The number of aliphatic hydroxyl groups excluding tert-OH is 1. The lowest BCUT2D eigenvalue weighted by molar-refractivity contribution is -0.276. The second-order valence-electron chi connectivity index (χ2n) is 15.1. The van der Waals surface area contributed by atoms with E-state index in [2.05, 4.69) is 29.8 Å². The summed E-state index contributed by atoms with van der Waals surface area (Å²) in [4.78, 5) is 42.4. The van der Waals surface area contributed by atoms with Crippen LogP contribution < -0.4 is 5.32 Å². The Morgan fingerprint density at radius 2 is 1.61 bits per heavy atom. The Balaban J connectivity index is 1.06. The maximum atomic E-state index is 13.3. The van der Waals surface area contributed by atoms with Crippen molar-refractivity contribution in [2.75, 3.05) is 13.1 Å². The third-order valence-electron chi connectivity index (χ3n) is 11.3. The van der Waals surface area contributed by atoms with Crippen LogP contribution in [0.3, 0.4) is 0 Å². The van der Waals surface area contributed by atoms with E-state index in [0.717, 1.165) is 52.0 Å². The van der Waals surface area contributed by atoms with E-state index in [1.165, 1.54) is 30.6 Å². The number of nitrogens with zero attached hydrogens (tertiary/aromatic N) is 2. The van der Waals surface area contributed by atoms with Gasteiger partial charge >= 0.3 is 6.09 Å². The van der Waals surface area contributed by atoms with Gasteiger partial charge in [0.15, 0.2) is 6.29 Å². The molecule has 2 heterocycles. The third-order valence-corrected chi connectivity index (χ3v) is 11.3. The van der Waals surface area contributed by atoms with Gasteiger partial charge in [0.25, 0.3) is 5.91 Å². The van der Waals surface area contributed by atoms with Crippen molar-refractivity contribution in [3.8, 4) is 11.1 Å². The van der Waals surface area contributed by atoms with Crippen LogP contribution in [0.15, 0.2) is 116 Å². The van der Waals surface area contributed by atoms with Gasteiger partial charge in [0, 0.05) is 30.6 Å². The summed E-state index contributed by atoms with van der Waals surface area (Å²) in [5, 5.41) is 12.2. The fraction of sp³-hybridized carbons (Fsp3) is 0.370. The number of hydrogen-bond donors (Lipinski definition) is 2. The first-order valence-electron chi connectivity index (χ1n) is 19.7. The number of likely N-dealkylation sites (tertiary alicyclic amines) is 1. The highest BCUT2D eigenvalue weighted by Crippen LogP contribution is 2.43. The lowest BCUT2D eigenvalue weighted by Crippen LogP contribution is -2.47. The number of carbonyl (C=O) groups is 3. The number of benzene rings is 4. The number of imide groups is 1. The van der Waals surface area contributed by atoms with Crippen molar-refractivity contribution >= 4 is 17.9 Å². The zero-order valence-electron chi connectivity index (χ0n) is 31.9. The quantitative estimate of drug-likeness (QED) is 0.0997. The molecule has 0 bridgehead atoms. The number of ether oxygens (including phenoxy) is 3. The molecule has 0 radical (unpaired) electrons. The molecule has 4 aromatic rings. The number of alkyl carbamates (subject to hydrolysis) is 1. The molecule has 1 unspecified atom stereocenters. The van der Waals surface area contributed by atoms with Crippen molar-refractivity contribution in [1.29, 1.82) is 0 Å². The first-order chi connectivity index (χ1) is 27.3. The van der Waals surface area contributed by atoms with E-state index in [4.69, 9.17) is 14.2 Å². The summed E-state index contributed by atoms with van der Waals surface area (Å²) in [5.41, 5.74) is 6.23. The maximum Gasteiger partial charge on any atom is 0.408 e. The highest BCUT2D eigenvalue weighted by Gasteiger charge is 2.41. The molecule has 3 amide bonds. The normalized spacial score (nSPS) is 22.8. The number of rotatable bonds is 14. The zero-order chi connectivity index (χ0) is 39.0. The summed E-state index contributed by atoms with van der Waals surface area (Å²) >= 11 is 0. The van der Waals surface area contributed by atoms with Gasteiger partial charge in [-0.05, 0) is 58.4 Å². The van der Waals surface area contributed by atoms with Gasteiger partial charge in [0.1, 0.15) is 12.6 Å². The minimum Gasteiger partial charge on any atom is -0.445 e. The van der Waals surface area contributed by atoms with Crippen molar-refractivity contribution < 1.29 is 33.7 Å². The monoisotopic (exact) mass is 757 g/mol. The Labute approximate surface area is 329 Å². The fourth-order valence-electron chi connectivity index (χ4n) is 8.13. The summed E-state index contributed by atoms with van der Waals surface area (Å²) < 4.78 is 18.9. The molecule has 4 aromatic carbocycles. The van der Waals surface area contributed by atoms with Crippen LogP contribution in [0.4, 0.5) is 4.79 Å². The predicted molar refractivity (Wildman–Crippen MR) is 213 cm³/mol. The van der Waals surface area contributed by atoms with Gasteiger partial charge in [-0.25, -0.2) is 4.79 Å². The van der Waals surface area contributed by atoms with E-state index < -0.39 is 24.3 Å². The van der Waals surface area contributed by atoms with E-state index in [1.807, 2.05) is 103 Å². The summed E-state index contributed by atoms with van der Waals surface area (Å²) in [6, 6.07) is 32.6. The molecule has 3 aliphatic rings. The molecule has 0 aromatic heterocycles. The minimum atomic E-state index is -0.980. The van der Waals surface area contributed by atoms with Crippen LogP contribution in [0.25, 0.3) is 11.1 Å². The highest BCUT2D eigenvalue weighted by atomic mass is 16.7. The third kappa shape index (κ3) is 9.28. The molecule has 0 spiro atoms. The van der Waals surface area contributed by atoms with E-state index in [0.29, 0.717) is 6.04 Å². The number of aliphatic hydroxyl groups is 1. The molecule has 10 nitrogen and oxygen atoms in total. The second kappa shape index (κ2) is 18.2. The van der Waals surface area contributed by atoms with E-state index in [-0.39, 0.29) is 50.2 Å². The van der Waals surface area contributed by atoms with Crippen LogP contribution in [0.1, 0.15) is 79.2 Å². The number of hydrogen-bond acceptors (Lipinski definition) is 8. The van der Waals surface area contributed by atoms with Crippen LogP contribution in [0.5, 0.6) is 0 Å². The average Bonchev–Trinajstić information content (AvgIpc) is 3.86. The Morgan fingerprint density at radius 1 is 0.893 bits per heavy atom. The summed E-state index contributed by atoms with van der Waals surface area (Å²) in [6.45, 7) is 7.94. The molecule has 2 aliphatic heterocycles. The van der Waals surface area contributed by atoms with E-state index in [9.17, 15) is 19.5 Å². The SMILES string of the molecule is C=CCN(C[C@@H]1O[C@H](c2cccc(-c3cccc(CN4C(=O)CC(NC(=O)OCc5ccccc5)C4=O)c3)c2)O[C@H](c2ccc(CO)cc2)[C@@H]1C)C1CCCC1. The minimum absolute atomic E-state index is 0.0179. The van der Waals surface area contributed by atoms with Crippen LogP contribution in [-0.4, -0.2) is 64.1 Å². The molecule has 7 rings (SSSR count). The molecular formula is C46H51N3O7. The molecule has 10 heteroatoms. The first-order valence-corrected chi connectivity index (χ1v) is 19.7. The first kappa shape index (κ1) is 39.1. The van der Waals surface area contributed by atoms with Crippen LogP contribution >= 0.6 is 0 Å². The van der Waals surface area contributed by atoms with E-state index in [1.54, 1.807) is 0 Å². The highest BCUT2D eigenvalue weighted by molar-refractivity contribution is 6.06. The molecule has 5 atom stereocenters. The van der Waals surface area contributed by atoms with E-state index >= 15 is 0 Å². The van der Waals surface area contributed by atoms with Gasteiger partial charge < -0.3 is 24.6 Å². The second-order valence-corrected chi connectivity index (χ2v) is 15.1. The van der Waals surface area contributed by atoms with Crippen molar-refractivity contribution in [1.82, 2.24) is 15.1 Å². The molecule has 56 heavy (non-hydrogen) atoms. The van der Waals surface area contributed by atoms with Gasteiger partial charge in [0.2, 0.25) is 5.91 Å². The molecular weight excluding hydrogens is 707 g/mol. The Morgan fingerprint density at radius 3 is 2.34 bits per heavy atom. The van der Waals surface area contributed by atoms with Crippen molar-refractivity contribution in [3.05, 3.63) is 144 Å². The summed E-state index contributed by atoms with van der Waals surface area (Å²) in [7, 11) is 0. The topological polar surface area (TPSA) is 118 Å². The van der Waals surface area contributed by atoms with Crippen molar-refractivity contribution in [3.63, 3.8) is 0 Å². The van der Waals surface area contributed by atoms with Gasteiger partial charge in [-0.3, -0.25) is 19.4 Å². The van der Waals surface area contributed by atoms with Gasteiger partial charge in [-0.2, -0.15) is 0 Å². The van der Waals surface area contributed by atoms with Gasteiger partial charge in [-0.15, -0.1) is 6.58 Å². The fourth-order valence-corrected chi connectivity index (χ4v) is 8.13. The van der Waals surface area contributed by atoms with Crippen molar-refractivity contribution in [2.45, 2.75) is 89.4 Å². The largest absolute Gasteiger partial charge is 0.445 e. The molecule has 1 aliphatic carbocycles. The van der Waals surface area contributed by atoms with Crippen LogP contribution in [-0.2, 0) is 43.6 Å².